The molecular weight excluding hydrogens is 196 g/mol. The van der Waals surface area contributed by atoms with Gasteiger partial charge in [-0.3, -0.25) is 0 Å². The zero-order valence-electron chi connectivity index (χ0n) is 8.23. The van der Waals surface area contributed by atoms with E-state index in [9.17, 15) is 4.79 Å². The van der Waals surface area contributed by atoms with E-state index in [1.807, 2.05) is 0 Å². The Hall–Kier alpha value is -2.13. The molecule has 0 aliphatic rings. The van der Waals surface area contributed by atoms with E-state index in [4.69, 9.17) is 15.4 Å². The molecule has 2 N–H and O–H groups in total. The molecule has 0 saturated carbocycles. The number of carbonyl (C=O) groups is 1. The maximum atomic E-state index is 10.8. The number of nitrogens with zero attached hydrogens (tertiary/aromatic N) is 1. The van der Waals surface area contributed by atoms with Crippen LogP contribution in [0.2, 0.25) is 0 Å². The summed E-state index contributed by atoms with van der Waals surface area (Å²) >= 11 is 0. The molecule has 0 amide bonds. The van der Waals surface area contributed by atoms with Gasteiger partial charge in [-0.2, -0.15) is 0 Å². The number of hydrogen-bond acceptors (Lipinski definition) is 3. The van der Waals surface area contributed by atoms with E-state index in [-0.39, 0.29) is 5.71 Å². The molecule has 0 saturated heterocycles. The number of ether oxygens (including phenoxy) is 1. The smallest absolute Gasteiger partial charge is 0.459 e. The number of rotatable bonds is 4. The largest absolute Gasteiger partial charge is 0.493 e. The highest BCUT2D eigenvalue weighted by Gasteiger charge is 2.27. The number of carboxylic acids is 1. The van der Waals surface area contributed by atoms with Crippen molar-refractivity contribution in [1.82, 2.24) is 0 Å². The van der Waals surface area contributed by atoms with Gasteiger partial charge in [0, 0.05) is 0 Å². The van der Waals surface area contributed by atoms with Gasteiger partial charge in [0.15, 0.2) is 0 Å². The number of benzene rings is 1. The summed E-state index contributed by atoms with van der Waals surface area (Å²) in [5.41, 5.74) is 6.81. The van der Waals surface area contributed by atoms with E-state index in [1.54, 1.807) is 31.2 Å². The van der Waals surface area contributed by atoms with Gasteiger partial charge >= 0.3 is 11.7 Å². The van der Waals surface area contributed by atoms with Crippen LogP contribution in [0.15, 0.2) is 24.3 Å². The Labute approximate surface area is 86.5 Å². The van der Waals surface area contributed by atoms with Gasteiger partial charge in [0.2, 0.25) is 0 Å². The Morgan fingerprint density at radius 2 is 2.20 bits per heavy atom. The van der Waals surface area contributed by atoms with Crippen molar-refractivity contribution in [3.8, 4) is 5.75 Å². The first-order chi connectivity index (χ1) is 7.20. The molecule has 78 valence electrons. The van der Waals surface area contributed by atoms with Crippen molar-refractivity contribution in [1.29, 1.82) is 5.53 Å². The zero-order chi connectivity index (χ0) is 11.3. The molecule has 5 nitrogen and oxygen atoms in total. The average Bonchev–Trinajstić information content (AvgIpc) is 2.21. The first kappa shape index (κ1) is 10.9. The number of para-hydroxylation sites is 1. The quantitative estimate of drug-likeness (QED) is 0.442. The predicted molar refractivity (Wildman–Crippen MR) is 52.3 cm³/mol. The van der Waals surface area contributed by atoms with Gasteiger partial charge in [-0.25, -0.2) is 4.79 Å². The Morgan fingerprint density at radius 3 is 2.73 bits per heavy atom. The van der Waals surface area contributed by atoms with E-state index < -0.39 is 5.97 Å². The lowest BCUT2D eigenvalue weighted by molar-refractivity contribution is -0.147. The Balaban J connectivity index is 3.23. The molecule has 0 unspecified atom stereocenters. The molecule has 0 aliphatic heterocycles. The van der Waals surface area contributed by atoms with Gasteiger partial charge in [0.1, 0.15) is 11.3 Å². The van der Waals surface area contributed by atoms with E-state index in [0.29, 0.717) is 17.9 Å². The van der Waals surface area contributed by atoms with Crippen LogP contribution in [0.1, 0.15) is 12.5 Å². The highest BCUT2D eigenvalue weighted by atomic mass is 16.5. The standard InChI is InChI=1S/C10H10N2O3/c1-2-15-8-6-4-3-5-7(8)9(12-11)10(13)14/h3-6,11H,2H2,1H3/p+1. The number of nitrogens with one attached hydrogen (secondary N) is 1. The van der Waals surface area contributed by atoms with Crippen LogP contribution in [0, 0.1) is 5.53 Å². The third-order valence-corrected chi connectivity index (χ3v) is 1.76. The minimum Gasteiger partial charge on any atom is -0.493 e. The summed E-state index contributed by atoms with van der Waals surface area (Å²) in [7, 11) is 0. The molecule has 0 atom stereocenters. The summed E-state index contributed by atoms with van der Waals surface area (Å²) in [6.07, 6.45) is 0. The molecule has 1 rings (SSSR count). The molecule has 0 spiro atoms. The van der Waals surface area contributed by atoms with Crippen molar-refractivity contribution in [3.05, 3.63) is 29.8 Å². The second kappa shape index (κ2) is 4.93. The van der Waals surface area contributed by atoms with Crippen LogP contribution in [0.25, 0.3) is 0 Å². The number of aliphatic carboxylic acids is 1. The van der Waals surface area contributed by atoms with Crippen molar-refractivity contribution < 1.29 is 19.4 Å². The average molecular weight is 207 g/mol. The summed E-state index contributed by atoms with van der Waals surface area (Å²) in [6, 6.07) is 6.61. The fraction of sp³-hybridized carbons (Fsp3) is 0.200. The molecule has 1 aromatic carbocycles. The van der Waals surface area contributed by atoms with Crippen LogP contribution in [0.3, 0.4) is 0 Å². The van der Waals surface area contributed by atoms with Crippen molar-refractivity contribution in [2.24, 2.45) is 0 Å². The SMILES string of the molecule is CCOc1ccccc1C(=[N+]=N)C(=O)O. The second-order valence-corrected chi connectivity index (χ2v) is 2.69. The lowest BCUT2D eigenvalue weighted by atomic mass is 10.1. The lowest BCUT2D eigenvalue weighted by Crippen LogP contribution is -2.16. The normalized spacial score (nSPS) is 9.13. The number of carboxylic acid groups (broad SMARTS) is 1. The first-order valence-electron chi connectivity index (χ1n) is 4.40. The molecule has 0 fully saturated rings. The number of hydrogen-bond donors (Lipinski definition) is 2. The Morgan fingerprint density at radius 1 is 1.53 bits per heavy atom. The Kier molecular flexibility index (Phi) is 3.60. The second-order valence-electron chi connectivity index (χ2n) is 2.69. The molecule has 0 aliphatic carbocycles. The summed E-state index contributed by atoms with van der Waals surface area (Å²) in [4.78, 5) is 13.8. The Bertz CT molecular complexity index is 422. The molecule has 0 bridgehead atoms. The molecule has 0 heterocycles. The molecular formula is C10H11N2O3+. The van der Waals surface area contributed by atoms with Crippen LogP contribution >= 0.6 is 0 Å². The summed E-state index contributed by atoms with van der Waals surface area (Å²) < 4.78 is 5.24. The van der Waals surface area contributed by atoms with Crippen molar-refractivity contribution in [3.63, 3.8) is 0 Å². The van der Waals surface area contributed by atoms with Crippen LogP contribution in [0.5, 0.6) is 5.75 Å². The maximum Gasteiger partial charge on any atom is 0.459 e. The zero-order valence-corrected chi connectivity index (χ0v) is 8.23. The monoisotopic (exact) mass is 207 g/mol. The van der Waals surface area contributed by atoms with E-state index >= 15 is 0 Å². The molecule has 5 heteroatoms. The highest BCUT2D eigenvalue weighted by molar-refractivity contribution is 6.40. The predicted octanol–water partition coefficient (Wildman–Crippen LogP) is 1.20. The lowest BCUT2D eigenvalue weighted by Gasteiger charge is -2.04. The fourth-order valence-corrected chi connectivity index (χ4v) is 1.17. The highest BCUT2D eigenvalue weighted by Crippen LogP contribution is 2.18. The van der Waals surface area contributed by atoms with Gasteiger partial charge in [-0.1, -0.05) is 12.1 Å². The molecule has 15 heavy (non-hydrogen) atoms. The topological polar surface area (TPSA) is 84.5 Å². The van der Waals surface area contributed by atoms with E-state index in [0.717, 1.165) is 0 Å². The minimum absolute atomic E-state index is 0.320. The molecule has 0 aromatic heterocycles. The van der Waals surface area contributed by atoms with Gasteiger partial charge in [-0.15, -0.1) is 0 Å². The third kappa shape index (κ3) is 2.42. The van der Waals surface area contributed by atoms with Gasteiger partial charge in [0.05, 0.1) is 16.9 Å². The van der Waals surface area contributed by atoms with Crippen LogP contribution in [-0.4, -0.2) is 28.2 Å². The summed E-state index contributed by atoms with van der Waals surface area (Å²) in [5.74, 6) is -0.814. The maximum absolute atomic E-state index is 10.8. The van der Waals surface area contributed by atoms with Gasteiger partial charge < -0.3 is 9.84 Å². The van der Waals surface area contributed by atoms with Gasteiger partial charge in [0.25, 0.3) is 0 Å². The minimum atomic E-state index is -1.24. The first-order valence-corrected chi connectivity index (χ1v) is 4.40. The van der Waals surface area contributed by atoms with Crippen LogP contribution in [0.4, 0.5) is 0 Å². The van der Waals surface area contributed by atoms with Crippen molar-refractivity contribution in [2.45, 2.75) is 6.92 Å². The third-order valence-electron chi connectivity index (χ3n) is 1.76. The van der Waals surface area contributed by atoms with Gasteiger partial charge in [-0.05, 0) is 19.1 Å². The van der Waals surface area contributed by atoms with E-state index in [1.165, 1.54) is 0 Å². The summed E-state index contributed by atoms with van der Waals surface area (Å²) in [6.45, 7) is 2.23. The summed E-state index contributed by atoms with van der Waals surface area (Å²) in [5, 5.41) is 8.81. The van der Waals surface area contributed by atoms with Crippen LogP contribution < -0.4 is 4.74 Å². The van der Waals surface area contributed by atoms with Crippen molar-refractivity contribution in [2.75, 3.05) is 6.61 Å². The van der Waals surface area contributed by atoms with Crippen molar-refractivity contribution >= 4 is 11.7 Å². The molecule has 0 radical (unpaired) electrons. The van der Waals surface area contributed by atoms with E-state index in [2.05, 4.69) is 4.79 Å². The van der Waals surface area contributed by atoms with Crippen LogP contribution in [-0.2, 0) is 4.79 Å². The fourth-order valence-electron chi connectivity index (χ4n) is 1.17. The molecule has 1 aromatic rings.